The Labute approximate surface area is 106 Å². The van der Waals surface area contributed by atoms with Gasteiger partial charge in [-0.1, -0.05) is 6.92 Å². The van der Waals surface area contributed by atoms with Crippen LogP contribution < -0.4 is 5.73 Å². The molecule has 0 saturated carbocycles. The number of nitriles is 1. The maximum Gasteiger partial charge on any atom is 0.246 e. The molecule has 2 atom stereocenters. The van der Waals surface area contributed by atoms with Crippen molar-refractivity contribution in [3.8, 4) is 6.07 Å². The zero-order valence-electron chi connectivity index (χ0n) is 9.94. The van der Waals surface area contributed by atoms with Crippen molar-refractivity contribution in [2.45, 2.75) is 17.9 Å². The van der Waals surface area contributed by atoms with Crippen LogP contribution in [-0.2, 0) is 10.0 Å². The van der Waals surface area contributed by atoms with Crippen molar-refractivity contribution >= 4 is 10.0 Å². The maximum absolute atomic E-state index is 12.4. The molecule has 6 nitrogen and oxygen atoms in total. The summed E-state index contributed by atoms with van der Waals surface area (Å²) in [6.07, 6.45) is 1.40. The quantitative estimate of drug-likeness (QED) is 0.807. The van der Waals surface area contributed by atoms with E-state index in [1.807, 2.05) is 6.92 Å². The summed E-state index contributed by atoms with van der Waals surface area (Å²) in [5.74, 6) is 0.113. The molecule has 2 N–H and O–H groups in total. The van der Waals surface area contributed by atoms with Crippen LogP contribution in [0.1, 0.15) is 12.6 Å². The molecule has 0 bridgehead atoms. The van der Waals surface area contributed by atoms with Crippen molar-refractivity contribution in [1.29, 1.82) is 5.26 Å². The average Bonchev–Trinajstić information content (AvgIpc) is 2.70. The van der Waals surface area contributed by atoms with E-state index in [1.165, 1.54) is 22.6 Å². The van der Waals surface area contributed by atoms with E-state index in [4.69, 9.17) is 11.0 Å². The van der Waals surface area contributed by atoms with Gasteiger partial charge in [-0.2, -0.15) is 9.57 Å². The highest BCUT2D eigenvalue weighted by Gasteiger charge is 2.36. The average molecular weight is 266 g/mol. The predicted molar refractivity (Wildman–Crippen MR) is 64.9 cm³/mol. The van der Waals surface area contributed by atoms with Gasteiger partial charge in [-0.05, 0) is 18.1 Å². The minimum Gasteiger partial charge on any atom is -0.326 e. The van der Waals surface area contributed by atoms with Gasteiger partial charge in [0.05, 0.1) is 0 Å². The van der Waals surface area contributed by atoms with Gasteiger partial charge in [-0.3, -0.25) is 0 Å². The van der Waals surface area contributed by atoms with Crippen molar-refractivity contribution < 1.29 is 8.42 Å². The van der Waals surface area contributed by atoms with Crippen molar-refractivity contribution in [2.24, 2.45) is 11.7 Å². The van der Waals surface area contributed by atoms with Gasteiger partial charge in [0.2, 0.25) is 10.0 Å². The van der Waals surface area contributed by atoms with Gasteiger partial charge in [0.15, 0.2) is 5.69 Å². The lowest BCUT2D eigenvalue weighted by atomic mass is 10.1. The molecule has 0 aromatic carbocycles. The zero-order valence-corrected chi connectivity index (χ0v) is 10.8. The molecule has 0 aliphatic carbocycles. The lowest BCUT2D eigenvalue weighted by Crippen LogP contribution is -2.32. The van der Waals surface area contributed by atoms with Gasteiger partial charge < -0.3 is 5.73 Å². The van der Waals surface area contributed by atoms with E-state index in [1.54, 1.807) is 6.07 Å². The highest BCUT2D eigenvalue weighted by atomic mass is 32.2. The number of nitrogens with zero attached hydrogens (tertiary/aromatic N) is 3. The molecular weight excluding hydrogens is 252 g/mol. The molecule has 2 unspecified atom stereocenters. The van der Waals surface area contributed by atoms with Crippen molar-refractivity contribution in [2.75, 3.05) is 13.1 Å². The standard InChI is InChI=1S/C11H14N4O2S/c1-8-6-15(7-9(8)13)18(16,17)11-3-2-4-14-10(11)5-12/h2-4,8-9H,6-7,13H2,1H3. The van der Waals surface area contributed by atoms with Crippen LogP contribution >= 0.6 is 0 Å². The second kappa shape index (κ2) is 4.65. The number of pyridine rings is 1. The molecule has 96 valence electrons. The molecule has 2 rings (SSSR count). The van der Waals surface area contributed by atoms with Crippen LogP contribution in [0.2, 0.25) is 0 Å². The van der Waals surface area contributed by atoms with Crippen LogP contribution in [0, 0.1) is 17.2 Å². The summed E-state index contributed by atoms with van der Waals surface area (Å²) in [7, 11) is -3.68. The SMILES string of the molecule is CC1CN(S(=O)(=O)c2cccnc2C#N)CC1N. The first-order valence-electron chi connectivity index (χ1n) is 5.57. The molecular formula is C11H14N4O2S. The number of rotatable bonds is 2. The van der Waals surface area contributed by atoms with E-state index in [9.17, 15) is 8.42 Å². The molecule has 1 aliphatic rings. The fourth-order valence-corrected chi connectivity index (χ4v) is 3.64. The third-order valence-electron chi connectivity index (χ3n) is 3.13. The minimum absolute atomic E-state index is 0.0474. The first-order valence-corrected chi connectivity index (χ1v) is 7.01. The molecule has 18 heavy (non-hydrogen) atoms. The first-order chi connectivity index (χ1) is 8.46. The Hall–Kier alpha value is -1.49. The Bertz CT molecular complexity index is 583. The molecule has 1 aliphatic heterocycles. The van der Waals surface area contributed by atoms with E-state index in [-0.39, 0.29) is 29.1 Å². The van der Waals surface area contributed by atoms with Crippen LogP contribution in [-0.4, -0.2) is 36.8 Å². The van der Waals surface area contributed by atoms with Gasteiger partial charge in [0, 0.05) is 25.3 Å². The minimum atomic E-state index is -3.68. The Morgan fingerprint density at radius 1 is 1.56 bits per heavy atom. The van der Waals surface area contributed by atoms with Crippen LogP contribution in [0.5, 0.6) is 0 Å². The van der Waals surface area contributed by atoms with Gasteiger partial charge in [0.1, 0.15) is 11.0 Å². The lowest BCUT2D eigenvalue weighted by molar-refractivity contribution is 0.464. The van der Waals surface area contributed by atoms with Crippen LogP contribution in [0.4, 0.5) is 0 Å². The number of sulfonamides is 1. The maximum atomic E-state index is 12.4. The molecule has 1 fully saturated rings. The third kappa shape index (κ3) is 2.10. The number of aromatic nitrogens is 1. The van der Waals surface area contributed by atoms with Crippen LogP contribution in [0.25, 0.3) is 0 Å². The van der Waals surface area contributed by atoms with E-state index in [2.05, 4.69) is 4.98 Å². The first kappa shape index (κ1) is 13.0. The number of hydrogen-bond acceptors (Lipinski definition) is 5. The number of nitrogens with two attached hydrogens (primary N) is 1. The third-order valence-corrected chi connectivity index (χ3v) is 4.99. The molecule has 7 heteroatoms. The van der Waals surface area contributed by atoms with Crippen LogP contribution in [0.15, 0.2) is 23.2 Å². The second-order valence-corrected chi connectivity index (χ2v) is 6.33. The molecule has 0 amide bonds. The van der Waals surface area contributed by atoms with Crippen molar-refractivity contribution in [3.63, 3.8) is 0 Å². The van der Waals surface area contributed by atoms with E-state index >= 15 is 0 Å². The van der Waals surface area contributed by atoms with Crippen molar-refractivity contribution in [3.05, 3.63) is 24.0 Å². The van der Waals surface area contributed by atoms with Gasteiger partial charge >= 0.3 is 0 Å². The topological polar surface area (TPSA) is 100 Å². The Kier molecular flexibility index (Phi) is 3.34. The van der Waals surface area contributed by atoms with E-state index in [0.29, 0.717) is 6.54 Å². The predicted octanol–water partition coefficient (Wildman–Crippen LogP) is -0.0790. The van der Waals surface area contributed by atoms with E-state index < -0.39 is 10.0 Å². The van der Waals surface area contributed by atoms with E-state index in [0.717, 1.165) is 0 Å². The smallest absolute Gasteiger partial charge is 0.246 e. The Morgan fingerprint density at radius 3 is 2.83 bits per heavy atom. The summed E-state index contributed by atoms with van der Waals surface area (Å²) in [5.41, 5.74) is 5.75. The fourth-order valence-electron chi connectivity index (χ4n) is 1.96. The molecule has 1 saturated heterocycles. The second-order valence-electron chi connectivity index (χ2n) is 4.43. The fraction of sp³-hybridized carbons (Fsp3) is 0.455. The van der Waals surface area contributed by atoms with Gasteiger partial charge in [0.25, 0.3) is 0 Å². The normalized spacial score (nSPS) is 24.9. The van der Waals surface area contributed by atoms with Crippen molar-refractivity contribution in [1.82, 2.24) is 9.29 Å². The highest BCUT2D eigenvalue weighted by molar-refractivity contribution is 7.89. The van der Waals surface area contributed by atoms with Gasteiger partial charge in [-0.15, -0.1) is 0 Å². The summed E-state index contributed by atoms with van der Waals surface area (Å²) in [6.45, 7) is 2.57. The summed E-state index contributed by atoms with van der Waals surface area (Å²) < 4.78 is 26.1. The summed E-state index contributed by atoms with van der Waals surface area (Å²) in [5, 5.41) is 8.91. The summed E-state index contributed by atoms with van der Waals surface area (Å²) >= 11 is 0. The largest absolute Gasteiger partial charge is 0.326 e. The lowest BCUT2D eigenvalue weighted by Gasteiger charge is -2.16. The monoisotopic (exact) mass is 266 g/mol. The summed E-state index contributed by atoms with van der Waals surface area (Å²) in [6, 6.07) is 4.54. The highest BCUT2D eigenvalue weighted by Crippen LogP contribution is 2.24. The molecule has 1 aromatic rings. The Balaban J connectivity index is 2.41. The summed E-state index contributed by atoms with van der Waals surface area (Å²) in [4.78, 5) is 3.73. The molecule has 0 radical (unpaired) electrons. The molecule has 1 aromatic heterocycles. The zero-order chi connectivity index (χ0) is 13.3. The molecule has 2 heterocycles. The van der Waals surface area contributed by atoms with Gasteiger partial charge in [-0.25, -0.2) is 13.4 Å². The van der Waals surface area contributed by atoms with Crippen LogP contribution in [0.3, 0.4) is 0 Å². The number of hydrogen-bond donors (Lipinski definition) is 1. The Morgan fingerprint density at radius 2 is 2.28 bits per heavy atom. The molecule has 0 spiro atoms.